The molecule has 19 heavy (non-hydrogen) atoms. The number of benzene rings is 1. The van der Waals surface area contributed by atoms with Crippen LogP contribution >= 0.6 is 22.9 Å². The van der Waals surface area contributed by atoms with E-state index in [1.54, 1.807) is 29.6 Å². The van der Waals surface area contributed by atoms with Gasteiger partial charge in [0.15, 0.2) is 5.13 Å². The molecule has 0 bridgehead atoms. The van der Waals surface area contributed by atoms with E-state index in [9.17, 15) is 14.7 Å². The maximum atomic E-state index is 11.9. The SMILES string of the molecule is O=C([O-])Cc1csc(NC(=O)c2ccccc2Cl)n1. The smallest absolute Gasteiger partial charge is 0.258 e. The fourth-order valence-electron chi connectivity index (χ4n) is 1.40. The van der Waals surface area contributed by atoms with Crippen molar-refractivity contribution >= 4 is 39.9 Å². The third-order valence-electron chi connectivity index (χ3n) is 2.22. The van der Waals surface area contributed by atoms with E-state index in [2.05, 4.69) is 10.3 Å². The first kappa shape index (κ1) is 13.5. The molecule has 0 aliphatic heterocycles. The van der Waals surface area contributed by atoms with Crippen molar-refractivity contribution in [1.29, 1.82) is 0 Å². The van der Waals surface area contributed by atoms with E-state index in [1.807, 2.05) is 0 Å². The van der Waals surface area contributed by atoms with Gasteiger partial charge in [-0.05, 0) is 12.1 Å². The van der Waals surface area contributed by atoms with Gasteiger partial charge in [-0.15, -0.1) is 11.3 Å². The Hall–Kier alpha value is -1.92. The van der Waals surface area contributed by atoms with Crippen molar-refractivity contribution in [1.82, 2.24) is 4.98 Å². The van der Waals surface area contributed by atoms with Crippen LogP contribution in [0.4, 0.5) is 5.13 Å². The van der Waals surface area contributed by atoms with Gasteiger partial charge in [-0.1, -0.05) is 23.7 Å². The quantitative estimate of drug-likeness (QED) is 0.923. The molecule has 98 valence electrons. The van der Waals surface area contributed by atoms with Gasteiger partial charge >= 0.3 is 0 Å². The van der Waals surface area contributed by atoms with Crippen LogP contribution in [0.15, 0.2) is 29.6 Å². The number of carboxylic acids is 1. The van der Waals surface area contributed by atoms with Gasteiger partial charge in [0.2, 0.25) is 0 Å². The molecule has 0 atom stereocenters. The van der Waals surface area contributed by atoms with Gasteiger partial charge < -0.3 is 9.90 Å². The second-order valence-corrected chi connectivity index (χ2v) is 4.89. The third-order valence-corrected chi connectivity index (χ3v) is 3.35. The molecule has 1 amide bonds. The molecule has 5 nitrogen and oxygen atoms in total. The van der Waals surface area contributed by atoms with Gasteiger partial charge in [-0.2, -0.15) is 0 Å². The maximum absolute atomic E-state index is 11.9. The topological polar surface area (TPSA) is 82.1 Å². The highest BCUT2D eigenvalue weighted by Crippen LogP contribution is 2.19. The average molecular weight is 296 g/mol. The maximum Gasteiger partial charge on any atom is 0.258 e. The van der Waals surface area contributed by atoms with Crippen molar-refractivity contribution in [3.8, 4) is 0 Å². The molecule has 2 aromatic rings. The predicted molar refractivity (Wildman–Crippen MR) is 70.2 cm³/mol. The first-order chi connectivity index (χ1) is 9.06. The summed E-state index contributed by atoms with van der Waals surface area (Å²) in [5, 5.41) is 15.2. The predicted octanol–water partition coefficient (Wildman–Crippen LogP) is 1.34. The molecular weight excluding hydrogens is 288 g/mol. The largest absolute Gasteiger partial charge is 0.550 e. The summed E-state index contributed by atoms with van der Waals surface area (Å²) in [4.78, 5) is 26.3. The zero-order chi connectivity index (χ0) is 13.8. The molecule has 1 aromatic heterocycles. The summed E-state index contributed by atoms with van der Waals surface area (Å²) in [6.45, 7) is 0. The van der Waals surface area contributed by atoms with E-state index in [-0.39, 0.29) is 12.3 Å². The van der Waals surface area contributed by atoms with E-state index in [0.717, 1.165) is 11.3 Å². The van der Waals surface area contributed by atoms with Crippen molar-refractivity contribution in [2.75, 3.05) is 5.32 Å². The number of aromatic nitrogens is 1. The lowest BCUT2D eigenvalue weighted by atomic mass is 10.2. The number of carbonyl (C=O) groups is 2. The molecule has 0 spiro atoms. The van der Waals surface area contributed by atoms with Crippen LogP contribution < -0.4 is 10.4 Å². The molecule has 7 heteroatoms. The highest BCUT2D eigenvalue weighted by molar-refractivity contribution is 7.14. The molecule has 0 aliphatic rings. The Labute approximate surface area is 117 Å². The van der Waals surface area contributed by atoms with E-state index >= 15 is 0 Å². The second-order valence-electron chi connectivity index (χ2n) is 3.63. The number of nitrogens with one attached hydrogen (secondary N) is 1. The van der Waals surface area contributed by atoms with Crippen molar-refractivity contribution in [2.45, 2.75) is 6.42 Å². The zero-order valence-electron chi connectivity index (χ0n) is 9.55. The highest BCUT2D eigenvalue weighted by atomic mass is 35.5. The first-order valence-electron chi connectivity index (χ1n) is 5.26. The van der Waals surface area contributed by atoms with Crippen molar-refractivity contribution in [3.63, 3.8) is 0 Å². The summed E-state index contributed by atoms with van der Waals surface area (Å²) in [7, 11) is 0. The van der Waals surface area contributed by atoms with Crippen LogP contribution in [0.25, 0.3) is 0 Å². The summed E-state index contributed by atoms with van der Waals surface area (Å²) >= 11 is 7.04. The van der Waals surface area contributed by atoms with Gasteiger partial charge in [-0.3, -0.25) is 10.1 Å². The van der Waals surface area contributed by atoms with Gasteiger partial charge in [0.1, 0.15) is 0 Å². The Morgan fingerprint density at radius 1 is 1.37 bits per heavy atom. The minimum absolute atomic E-state index is 0.279. The number of rotatable bonds is 4. The van der Waals surface area contributed by atoms with Crippen LogP contribution in [0.1, 0.15) is 16.1 Å². The standard InChI is InChI=1S/C12H9ClN2O3S/c13-9-4-2-1-3-8(9)11(18)15-12-14-7(6-19-12)5-10(16)17/h1-4,6H,5H2,(H,16,17)(H,14,15,18)/p-1. The number of carboxylic acid groups (broad SMARTS) is 1. The Bertz CT molecular complexity index is 627. The van der Waals surface area contributed by atoms with E-state index in [0.29, 0.717) is 21.4 Å². The van der Waals surface area contributed by atoms with Crippen LogP contribution in [0.3, 0.4) is 0 Å². The molecule has 1 aromatic carbocycles. The molecule has 1 N–H and O–H groups in total. The minimum Gasteiger partial charge on any atom is -0.550 e. The monoisotopic (exact) mass is 295 g/mol. The summed E-state index contributed by atoms with van der Waals surface area (Å²) in [5.74, 6) is -1.60. The summed E-state index contributed by atoms with van der Waals surface area (Å²) in [6.07, 6.45) is -0.279. The Balaban J connectivity index is 2.09. The third kappa shape index (κ3) is 3.52. The number of aliphatic carboxylic acids is 1. The number of thiazole rings is 1. The summed E-state index contributed by atoms with van der Waals surface area (Å²) in [5.41, 5.74) is 0.681. The summed E-state index contributed by atoms with van der Waals surface area (Å²) < 4.78 is 0. The van der Waals surface area contributed by atoms with Gasteiger partial charge in [0.25, 0.3) is 5.91 Å². The molecule has 0 fully saturated rings. The fourth-order valence-corrected chi connectivity index (χ4v) is 2.33. The van der Waals surface area contributed by atoms with Crippen LogP contribution in [-0.4, -0.2) is 16.9 Å². The van der Waals surface area contributed by atoms with Crippen molar-refractivity contribution in [3.05, 3.63) is 45.9 Å². The van der Waals surface area contributed by atoms with Crippen LogP contribution in [0.5, 0.6) is 0 Å². The van der Waals surface area contributed by atoms with Crippen LogP contribution in [0.2, 0.25) is 5.02 Å². The molecule has 0 unspecified atom stereocenters. The molecule has 0 radical (unpaired) electrons. The molecule has 0 saturated heterocycles. The number of hydrogen-bond acceptors (Lipinski definition) is 5. The van der Waals surface area contributed by atoms with Gasteiger partial charge in [0.05, 0.1) is 16.3 Å². The lowest BCUT2D eigenvalue weighted by molar-refractivity contribution is -0.304. The molecule has 0 aliphatic carbocycles. The van der Waals surface area contributed by atoms with Gasteiger partial charge in [0, 0.05) is 17.8 Å². The normalized spacial score (nSPS) is 10.2. The Morgan fingerprint density at radius 3 is 2.79 bits per heavy atom. The van der Waals surface area contributed by atoms with Crippen molar-refractivity contribution in [2.24, 2.45) is 0 Å². The highest BCUT2D eigenvalue weighted by Gasteiger charge is 2.11. The van der Waals surface area contributed by atoms with E-state index in [1.165, 1.54) is 0 Å². The van der Waals surface area contributed by atoms with Crippen LogP contribution in [-0.2, 0) is 11.2 Å². The molecule has 2 rings (SSSR count). The number of hydrogen-bond donors (Lipinski definition) is 1. The molecule has 1 heterocycles. The number of nitrogens with zero attached hydrogens (tertiary/aromatic N) is 1. The average Bonchev–Trinajstić information content (AvgIpc) is 2.76. The fraction of sp³-hybridized carbons (Fsp3) is 0.0833. The molecular formula is C12H8ClN2O3S-. The Morgan fingerprint density at radius 2 is 2.11 bits per heavy atom. The summed E-state index contributed by atoms with van der Waals surface area (Å²) in [6, 6.07) is 6.62. The lowest BCUT2D eigenvalue weighted by Gasteiger charge is -2.03. The first-order valence-corrected chi connectivity index (χ1v) is 6.52. The molecule has 0 saturated carbocycles. The number of halogens is 1. The Kier molecular flexibility index (Phi) is 4.13. The van der Waals surface area contributed by atoms with E-state index in [4.69, 9.17) is 11.6 Å². The lowest BCUT2D eigenvalue weighted by Crippen LogP contribution is -2.24. The second kappa shape index (κ2) is 5.81. The van der Waals surface area contributed by atoms with E-state index < -0.39 is 5.97 Å². The van der Waals surface area contributed by atoms with Crippen LogP contribution in [0, 0.1) is 0 Å². The minimum atomic E-state index is -1.21. The zero-order valence-corrected chi connectivity index (χ0v) is 11.1. The van der Waals surface area contributed by atoms with Crippen molar-refractivity contribution < 1.29 is 14.7 Å². The van der Waals surface area contributed by atoms with Gasteiger partial charge in [-0.25, -0.2) is 4.98 Å². The number of anilines is 1. The number of amides is 1. The number of carbonyl (C=O) groups excluding carboxylic acids is 2.